The van der Waals surface area contributed by atoms with Gasteiger partial charge in [0.1, 0.15) is 5.75 Å². The lowest BCUT2D eigenvalue weighted by molar-refractivity contribution is -0.142. The molecule has 6 nitrogen and oxygen atoms in total. The summed E-state index contributed by atoms with van der Waals surface area (Å²) < 4.78 is 35.8. The number of ether oxygens (including phenoxy) is 2. The van der Waals surface area contributed by atoms with Crippen LogP contribution < -0.4 is 4.74 Å². The Kier molecular flexibility index (Phi) is 5.92. The van der Waals surface area contributed by atoms with E-state index in [2.05, 4.69) is 4.98 Å². The van der Waals surface area contributed by atoms with E-state index >= 15 is 0 Å². The van der Waals surface area contributed by atoms with Crippen molar-refractivity contribution in [1.29, 1.82) is 0 Å². The minimum Gasteiger partial charge on any atom is -0.497 e. The van der Waals surface area contributed by atoms with Crippen LogP contribution in [0.2, 0.25) is 0 Å². The molecule has 1 heterocycles. The third-order valence-corrected chi connectivity index (χ3v) is 5.49. The van der Waals surface area contributed by atoms with E-state index in [-0.39, 0.29) is 17.9 Å². The molecule has 1 atom stereocenters. The molecule has 0 amide bonds. The zero-order chi connectivity index (χ0) is 17.6. The highest BCUT2D eigenvalue weighted by atomic mass is 32.2. The Morgan fingerprint density at radius 2 is 1.92 bits per heavy atom. The number of carbonyl (C=O) groups excluding carboxylic acids is 1. The first-order valence-corrected chi connectivity index (χ1v) is 8.97. The predicted molar refractivity (Wildman–Crippen MR) is 88.5 cm³/mol. The highest BCUT2D eigenvalue weighted by Gasteiger charge is 2.35. The minimum absolute atomic E-state index is 0.00103. The first kappa shape index (κ1) is 17.9. The van der Waals surface area contributed by atoms with Gasteiger partial charge in [-0.05, 0) is 42.8 Å². The zero-order valence-corrected chi connectivity index (χ0v) is 14.3. The molecule has 0 saturated heterocycles. The summed E-state index contributed by atoms with van der Waals surface area (Å²) in [6.07, 6.45) is 3.12. The van der Waals surface area contributed by atoms with Crippen molar-refractivity contribution in [3.05, 3.63) is 54.4 Å². The van der Waals surface area contributed by atoms with E-state index in [0.717, 1.165) is 0 Å². The van der Waals surface area contributed by atoms with E-state index in [1.54, 1.807) is 37.4 Å². The summed E-state index contributed by atoms with van der Waals surface area (Å²) in [4.78, 5) is 16.2. The quantitative estimate of drug-likeness (QED) is 0.712. The molecule has 1 unspecified atom stereocenters. The number of methoxy groups -OCH3 is 1. The van der Waals surface area contributed by atoms with Gasteiger partial charge >= 0.3 is 5.97 Å². The Balaban J connectivity index is 2.38. The maximum atomic E-state index is 12.9. The number of esters is 1. The van der Waals surface area contributed by atoms with E-state index in [0.29, 0.717) is 11.3 Å². The van der Waals surface area contributed by atoms with Crippen molar-refractivity contribution in [1.82, 2.24) is 4.98 Å². The molecule has 128 valence electrons. The lowest BCUT2D eigenvalue weighted by Crippen LogP contribution is -2.34. The summed E-state index contributed by atoms with van der Waals surface area (Å²) in [5, 5.41) is -1.32. The van der Waals surface area contributed by atoms with Gasteiger partial charge < -0.3 is 9.47 Å². The molecule has 1 aromatic carbocycles. The molecule has 0 bridgehead atoms. The first-order chi connectivity index (χ1) is 11.5. The summed E-state index contributed by atoms with van der Waals surface area (Å²) in [5.41, 5.74) is 0.646. The van der Waals surface area contributed by atoms with Crippen LogP contribution in [0.4, 0.5) is 0 Å². The molecule has 0 spiro atoms. The Labute approximate surface area is 141 Å². The Morgan fingerprint density at radius 1 is 1.21 bits per heavy atom. The maximum Gasteiger partial charge on any atom is 0.325 e. The first-order valence-electron chi connectivity index (χ1n) is 7.42. The molecular weight excluding hydrogens is 330 g/mol. The molecule has 24 heavy (non-hydrogen) atoms. The second-order valence-corrected chi connectivity index (χ2v) is 7.16. The summed E-state index contributed by atoms with van der Waals surface area (Å²) in [6, 6.07) is 9.34. The summed E-state index contributed by atoms with van der Waals surface area (Å²) in [6.45, 7) is 1.75. The van der Waals surface area contributed by atoms with Crippen molar-refractivity contribution < 1.29 is 22.7 Å². The van der Waals surface area contributed by atoms with E-state index in [1.165, 1.54) is 25.4 Å². The number of pyridine rings is 1. The Bertz CT molecular complexity index is 772. The molecule has 0 aliphatic heterocycles. The standard InChI is InChI=1S/C17H19NO5S/c1-3-23-17(19)16(11-13-5-4-10-18-12-13)24(20,21)15-8-6-14(22-2)7-9-15/h4-10,12,16H,3,11H2,1-2H3. The number of hydrogen-bond donors (Lipinski definition) is 0. The molecule has 0 aliphatic rings. The van der Waals surface area contributed by atoms with Crippen molar-refractivity contribution >= 4 is 15.8 Å². The van der Waals surface area contributed by atoms with Gasteiger partial charge in [0.05, 0.1) is 18.6 Å². The third-order valence-electron chi connectivity index (χ3n) is 3.46. The van der Waals surface area contributed by atoms with E-state index < -0.39 is 21.1 Å². The van der Waals surface area contributed by atoms with Crippen molar-refractivity contribution in [2.24, 2.45) is 0 Å². The maximum absolute atomic E-state index is 12.9. The number of hydrogen-bond acceptors (Lipinski definition) is 6. The summed E-state index contributed by atoms with van der Waals surface area (Å²) >= 11 is 0. The van der Waals surface area contributed by atoms with Gasteiger partial charge in [-0.3, -0.25) is 9.78 Å². The monoisotopic (exact) mass is 349 g/mol. The molecule has 1 aromatic heterocycles. The second kappa shape index (κ2) is 7.92. The van der Waals surface area contributed by atoms with Crippen LogP contribution in [0.25, 0.3) is 0 Å². The molecule has 0 aliphatic carbocycles. The van der Waals surface area contributed by atoms with Gasteiger partial charge in [-0.2, -0.15) is 0 Å². The fourth-order valence-electron chi connectivity index (χ4n) is 2.22. The van der Waals surface area contributed by atoms with E-state index in [1.807, 2.05) is 0 Å². The number of benzene rings is 1. The molecular formula is C17H19NO5S. The zero-order valence-electron chi connectivity index (χ0n) is 13.5. The van der Waals surface area contributed by atoms with Crippen molar-refractivity contribution in [2.45, 2.75) is 23.5 Å². The van der Waals surface area contributed by atoms with E-state index in [9.17, 15) is 13.2 Å². The normalized spacial score (nSPS) is 12.4. The van der Waals surface area contributed by atoms with Gasteiger partial charge in [0.15, 0.2) is 15.1 Å². The fourth-order valence-corrected chi connectivity index (χ4v) is 3.79. The highest BCUT2D eigenvalue weighted by molar-refractivity contribution is 7.92. The van der Waals surface area contributed by atoms with Crippen LogP contribution in [-0.4, -0.2) is 38.3 Å². The number of nitrogens with zero attached hydrogens (tertiary/aromatic N) is 1. The molecule has 2 rings (SSSR count). The van der Waals surface area contributed by atoms with Gasteiger partial charge in [-0.1, -0.05) is 6.07 Å². The van der Waals surface area contributed by atoms with Crippen LogP contribution in [0, 0.1) is 0 Å². The van der Waals surface area contributed by atoms with E-state index in [4.69, 9.17) is 9.47 Å². The molecule has 0 N–H and O–H groups in total. The molecule has 0 saturated carbocycles. The van der Waals surface area contributed by atoms with Gasteiger partial charge in [-0.15, -0.1) is 0 Å². The number of aromatic nitrogens is 1. The minimum atomic E-state index is -3.90. The Hall–Kier alpha value is -2.41. The lowest BCUT2D eigenvalue weighted by atomic mass is 10.1. The van der Waals surface area contributed by atoms with Crippen molar-refractivity contribution in [3.63, 3.8) is 0 Å². The number of sulfone groups is 1. The fraction of sp³-hybridized carbons (Fsp3) is 0.294. The largest absolute Gasteiger partial charge is 0.497 e. The SMILES string of the molecule is CCOC(=O)C(Cc1cccnc1)S(=O)(=O)c1ccc(OC)cc1. The number of carbonyl (C=O) groups is 1. The summed E-state index contributed by atoms with van der Waals surface area (Å²) in [5.74, 6) is -0.230. The molecule has 2 aromatic rings. The average molecular weight is 349 g/mol. The summed E-state index contributed by atoms with van der Waals surface area (Å²) in [7, 11) is -2.41. The number of rotatable bonds is 7. The van der Waals surface area contributed by atoms with Gasteiger partial charge in [0, 0.05) is 18.8 Å². The smallest absolute Gasteiger partial charge is 0.325 e. The Morgan fingerprint density at radius 3 is 2.46 bits per heavy atom. The average Bonchev–Trinajstić information content (AvgIpc) is 2.60. The van der Waals surface area contributed by atoms with Crippen molar-refractivity contribution in [3.8, 4) is 5.75 Å². The van der Waals surface area contributed by atoms with Gasteiger partial charge in [-0.25, -0.2) is 8.42 Å². The van der Waals surface area contributed by atoms with Gasteiger partial charge in [0.2, 0.25) is 0 Å². The topological polar surface area (TPSA) is 82.6 Å². The van der Waals surface area contributed by atoms with Crippen LogP contribution in [0.5, 0.6) is 5.75 Å². The third kappa shape index (κ3) is 4.11. The molecule has 7 heteroatoms. The van der Waals surface area contributed by atoms with Crippen molar-refractivity contribution in [2.75, 3.05) is 13.7 Å². The van der Waals surface area contributed by atoms with Crippen LogP contribution in [-0.2, 0) is 25.8 Å². The van der Waals surface area contributed by atoms with Crippen LogP contribution >= 0.6 is 0 Å². The lowest BCUT2D eigenvalue weighted by Gasteiger charge is -2.16. The van der Waals surface area contributed by atoms with Crippen LogP contribution in [0.3, 0.4) is 0 Å². The highest BCUT2D eigenvalue weighted by Crippen LogP contribution is 2.23. The van der Waals surface area contributed by atoms with Crippen LogP contribution in [0.15, 0.2) is 53.7 Å². The molecule has 0 fully saturated rings. The predicted octanol–water partition coefficient (Wildman–Crippen LogP) is 2.04. The van der Waals surface area contributed by atoms with Gasteiger partial charge in [0.25, 0.3) is 0 Å². The second-order valence-electron chi connectivity index (χ2n) is 5.03. The van der Waals surface area contributed by atoms with Crippen LogP contribution in [0.1, 0.15) is 12.5 Å². The molecule has 0 radical (unpaired) electrons.